The first-order chi connectivity index (χ1) is 14.8. The van der Waals surface area contributed by atoms with Gasteiger partial charge in [0.1, 0.15) is 0 Å². The van der Waals surface area contributed by atoms with Crippen molar-refractivity contribution in [2.24, 2.45) is 0 Å². The molecule has 0 aliphatic carbocycles. The second kappa shape index (κ2) is 9.67. The predicted octanol–water partition coefficient (Wildman–Crippen LogP) is 3.18. The van der Waals surface area contributed by atoms with Crippen LogP contribution in [0.1, 0.15) is 42.2 Å². The van der Waals surface area contributed by atoms with Crippen molar-refractivity contribution in [1.82, 2.24) is 15.5 Å². The number of sulfonamides is 1. The quantitative estimate of drug-likeness (QED) is 0.444. The van der Waals surface area contributed by atoms with E-state index < -0.39 is 15.9 Å². The monoisotopic (exact) mass is 459 g/mol. The molecule has 0 bridgehead atoms. The van der Waals surface area contributed by atoms with E-state index in [4.69, 9.17) is 0 Å². The van der Waals surface area contributed by atoms with E-state index in [1.54, 1.807) is 19.1 Å². The standard InChI is InChI=1S/C20H21N5O4S2/c1-3-17(26)22-19-23-24-20(30-19)31(28,29)25-16-12-8-7-11-15(16)18(27)21-13(2)14-9-5-4-6-10-14/h4-13,25H,3H2,1-2H3,(H,21,27)(H,22,23,26)/t13-/m0/s1. The molecule has 0 saturated carbocycles. The van der Waals surface area contributed by atoms with Crippen molar-refractivity contribution >= 4 is 44.0 Å². The van der Waals surface area contributed by atoms with Crippen LogP contribution in [0.15, 0.2) is 58.9 Å². The minimum Gasteiger partial charge on any atom is -0.345 e. The van der Waals surface area contributed by atoms with Gasteiger partial charge in [0.25, 0.3) is 20.3 Å². The molecule has 9 nitrogen and oxygen atoms in total. The van der Waals surface area contributed by atoms with E-state index >= 15 is 0 Å². The number of aromatic nitrogens is 2. The summed E-state index contributed by atoms with van der Waals surface area (Å²) in [6.07, 6.45) is 0.226. The number of rotatable bonds is 8. The Balaban J connectivity index is 1.78. The highest BCUT2D eigenvalue weighted by Gasteiger charge is 2.24. The SMILES string of the molecule is CCC(=O)Nc1nnc(S(=O)(=O)Nc2ccccc2C(=O)N[C@@H](C)c2ccccc2)s1. The maximum absolute atomic E-state index is 12.8. The third kappa shape index (κ3) is 5.64. The number of carbonyl (C=O) groups excluding carboxylic acids is 2. The van der Waals surface area contributed by atoms with Crippen LogP contribution in [0.4, 0.5) is 10.8 Å². The molecule has 162 valence electrons. The van der Waals surface area contributed by atoms with Gasteiger partial charge < -0.3 is 10.6 Å². The molecule has 2 aromatic carbocycles. The van der Waals surface area contributed by atoms with Gasteiger partial charge in [-0.15, -0.1) is 10.2 Å². The summed E-state index contributed by atoms with van der Waals surface area (Å²) < 4.78 is 27.5. The lowest BCUT2D eigenvalue weighted by Gasteiger charge is -2.16. The first-order valence-electron chi connectivity index (χ1n) is 9.41. The molecule has 1 atom stereocenters. The molecule has 0 spiro atoms. The zero-order valence-electron chi connectivity index (χ0n) is 16.8. The van der Waals surface area contributed by atoms with E-state index in [-0.39, 0.29) is 39.1 Å². The lowest BCUT2D eigenvalue weighted by molar-refractivity contribution is -0.115. The Morgan fingerprint density at radius 3 is 2.42 bits per heavy atom. The van der Waals surface area contributed by atoms with Crippen molar-refractivity contribution in [3.05, 3.63) is 65.7 Å². The molecule has 0 fully saturated rings. The molecular formula is C20H21N5O4S2. The van der Waals surface area contributed by atoms with Crippen molar-refractivity contribution < 1.29 is 18.0 Å². The lowest BCUT2D eigenvalue weighted by atomic mass is 10.1. The Kier molecular flexibility index (Phi) is 6.98. The number of hydrogen-bond donors (Lipinski definition) is 3. The molecule has 3 aromatic rings. The number of amides is 2. The molecule has 0 radical (unpaired) electrons. The van der Waals surface area contributed by atoms with Gasteiger partial charge in [-0.1, -0.05) is 60.7 Å². The molecule has 31 heavy (non-hydrogen) atoms. The fourth-order valence-corrected chi connectivity index (χ4v) is 4.63. The second-order valence-corrected chi connectivity index (χ2v) is 9.37. The van der Waals surface area contributed by atoms with Crippen molar-refractivity contribution in [2.45, 2.75) is 30.6 Å². The van der Waals surface area contributed by atoms with Crippen LogP contribution in [0.25, 0.3) is 0 Å². The molecule has 1 aromatic heterocycles. The summed E-state index contributed by atoms with van der Waals surface area (Å²) in [7, 11) is -4.11. The van der Waals surface area contributed by atoms with E-state index in [0.717, 1.165) is 16.9 Å². The first kappa shape index (κ1) is 22.4. The average Bonchev–Trinajstić information content (AvgIpc) is 3.23. The Hall–Kier alpha value is -3.31. The molecule has 0 aliphatic heterocycles. The summed E-state index contributed by atoms with van der Waals surface area (Å²) in [6, 6.07) is 15.4. The summed E-state index contributed by atoms with van der Waals surface area (Å²) in [5.74, 6) is -0.731. The van der Waals surface area contributed by atoms with Crippen LogP contribution in [0.3, 0.4) is 0 Å². The fourth-order valence-electron chi connectivity index (χ4n) is 2.63. The van der Waals surface area contributed by atoms with E-state index in [2.05, 4.69) is 25.6 Å². The number of benzene rings is 2. The van der Waals surface area contributed by atoms with Gasteiger partial charge in [0, 0.05) is 6.42 Å². The molecule has 0 aliphatic rings. The maximum Gasteiger partial charge on any atom is 0.291 e. The second-order valence-electron chi connectivity index (χ2n) is 6.53. The minimum atomic E-state index is -4.11. The first-order valence-corrected chi connectivity index (χ1v) is 11.7. The summed E-state index contributed by atoms with van der Waals surface area (Å²) in [5, 5.41) is 12.7. The van der Waals surface area contributed by atoms with Crippen LogP contribution >= 0.6 is 11.3 Å². The fraction of sp³-hybridized carbons (Fsp3) is 0.200. The molecule has 0 saturated heterocycles. The van der Waals surface area contributed by atoms with Gasteiger partial charge in [0.05, 0.1) is 17.3 Å². The van der Waals surface area contributed by atoms with Crippen molar-refractivity contribution in [1.29, 1.82) is 0 Å². The topological polar surface area (TPSA) is 130 Å². The number of hydrogen-bond acceptors (Lipinski definition) is 7. The van der Waals surface area contributed by atoms with Crippen molar-refractivity contribution in [2.75, 3.05) is 10.0 Å². The minimum absolute atomic E-state index is 0.0786. The van der Waals surface area contributed by atoms with Gasteiger partial charge in [-0.05, 0) is 24.6 Å². The maximum atomic E-state index is 12.8. The number of nitrogens with one attached hydrogen (secondary N) is 3. The number of nitrogens with zero attached hydrogens (tertiary/aromatic N) is 2. The zero-order valence-corrected chi connectivity index (χ0v) is 18.5. The van der Waals surface area contributed by atoms with Gasteiger partial charge in [-0.25, -0.2) is 0 Å². The van der Waals surface area contributed by atoms with Crippen LogP contribution < -0.4 is 15.4 Å². The smallest absolute Gasteiger partial charge is 0.291 e. The van der Waals surface area contributed by atoms with Gasteiger partial charge in [0.2, 0.25) is 11.0 Å². The highest BCUT2D eigenvalue weighted by molar-refractivity contribution is 7.94. The average molecular weight is 460 g/mol. The van der Waals surface area contributed by atoms with Gasteiger partial charge in [-0.3, -0.25) is 14.3 Å². The van der Waals surface area contributed by atoms with Crippen LogP contribution in [0.5, 0.6) is 0 Å². The van der Waals surface area contributed by atoms with Crippen LogP contribution in [0, 0.1) is 0 Å². The van der Waals surface area contributed by atoms with Crippen LogP contribution in [-0.4, -0.2) is 30.4 Å². The largest absolute Gasteiger partial charge is 0.345 e. The highest BCUT2D eigenvalue weighted by Crippen LogP contribution is 2.25. The predicted molar refractivity (Wildman–Crippen MR) is 118 cm³/mol. The van der Waals surface area contributed by atoms with Gasteiger partial charge in [0.15, 0.2) is 0 Å². The van der Waals surface area contributed by atoms with E-state index in [0.29, 0.717) is 0 Å². The number of para-hydroxylation sites is 1. The molecule has 2 amide bonds. The molecule has 11 heteroatoms. The highest BCUT2D eigenvalue weighted by atomic mass is 32.2. The van der Waals surface area contributed by atoms with Crippen molar-refractivity contribution in [3.8, 4) is 0 Å². The molecule has 1 heterocycles. The van der Waals surface area contributed by atoms with E-state index in [9.17, 15) is 18.0 Å². The summed E-state index contributed by atoms with van der Waals surface area (Å²) in [4.78, 5) is 24.3. The summed E-state index contributed by atoms with van der Waals surface area (Å²) in [6.45, 7) is 3.50. The zero-order chi connectivity index (χ0) is 22.4. The third-order valence-electron chi connectivity index (χ3n) is 4.27. The number of anilines is 2. The third-order valence-corrected chi connectivity index (χ3v) is 6.84. The van der Waals surface area contributed by atoms with Crippen molar-refractivity contribution in [3.63, 3.8) is 0 Å². The molecule has 3 N–H and O–H groups in total. The Morgan fingerprint density at radius 2 is 1.71 bits per heavy atom. The molecule has 0 unspecified atom stereocenters. The Bertz CT molecular complexity index is 1180. The lowest BCUT2D eigenvalue weighted by Crippen LogP contribution is -2.28. The molecular weight excluding hydrogens is 438 g/mol. The summed E-state index contributed by atoms with van der Waals surface area (Å²) >= 11 is 0.720. The Morgan fingerprint density at radius 1 is 1.03 bits per heavy atom. The van der Waals surface area contributed by atoms with Gasteiger partial charge >= 0.3 is 0 Å². The van der Waals surface area contributed by atoms with E-state index in [1.165, 1.54) is 12.1 Å². The van der Waals surface area contributed by atoms with Crippen LogP contribution in [-0.2, 0) is 14.8 Å². The normalized spacial score (nSPS) is 12.1. The summed E-state index contributed by atoms with van der Waals surface area (Å²) in [5.41, 5.74) is 1.19. The van der Waals surface area contributed by atoms with Crippen LogP contribution in [0.2, 0.25) is 0 Å². The molecule has 3 rings (SSSR count). The van der Waals surface area contributed by atoms with Gasteiger partial charge in [-0.2, -0.15) is 8.42 Å². The Labute approximate surface area is 184 Å². The van der Waals surface area contributed by atoms with E-state index in [1.807, 2.05) is 37.3 Å². The number of carbonyl (C=O) groups is 2.